The molecule has 0 saturated carbocycles. The van der Waals surface area contributed by atoms with Gasteiger partial charge in [-0.05, 0) is 12.1 Å². The molecule has 1 amide bonds. The van der Waals surface area contributed by atoms with Gasteiger partial charge >= 0.3 is 10.3 Å². The second-order valence-corrected chi connectivity index (χ2v) is 5.59. The fourth-order valence-electron chi connectivity index (χ4n) is 1.78. The minimum Gasteiger partial charge on any atom is -0.370 e. The Labute approximate surface area is 111 Å². The van der Waals surface area contributed by atoms with Crippen molar-refractivity contribution < 1.29 is 17.4 Å². The maximum absolute atomic E-state index is 12.1. The molecule has 1 heterocycles. The van der Waals surface area contributed by atoms with Crippen molar-refractivity contribution in [1.82, 2.24) is 9.62 Å². The van der Waals surface area contributed by atoms with Crippen LogP contribution in [0.2, 0.25) is 0 Å². The number of para-hydroxylation sites is 1. The van der Waals surface area contributed by atoms with Crippen LogP contribution in [0.3, 0.4) is 0 Å². The van der Waals surface area contributed by atoms with Crippen LogP contribution in [0.5, 0.6) is 5.75 Å². The third kappa shape index (κ3) is 3.22. The summed E-state index contributed by atoms with van der Waals surface area (Å²) in [5.41, 5.74) is 5.22. The number of hydrogen-bond acceptors (Lipinski definition) is 5. The zero-order valence-electron chi connectivity index (χ0n) is 10.2. The quantitative estimate of drug-likeness (QED) is 0.762. The van der Waals surface area contributed by atoms with Crippen LogP contribution in [0.25, 0.3) is 0 Å². The molecular formula is C11H15N3O4S. The Balaban J connectivity index is 2.22. The SMILES string of the molecule is NC(=O)c1ccccc1OS(=O)(=O)N1CCNCC1. The molecule has 0 aliphatic carbocycles. The highest BCUT2D eigenvalue weighted by Crippen LogP contribution is 2.20. The largest absolute Gasteiger partial charge is 0.385 e. The highest BCUT2D eigenvalue weighted by molar-refractivity contribution is 7.84. The van der Waals surface area contributed by atoms with Crippen molar-refractivity contribution in [3.63, 3.8) is 0 Å². The lowest BCUT2D eigenvalue weighted by atomic mass is 10.2. The molecule has 104 valence electrons. The average Bonchev–Trinajstić information content (AvgIpc) is 2.39. The Hall–Kier alpha value is -1.64. The van der Waals surface area contributed by atoms with E-state index < -0.39 is 16.2 Å². The number of nitrogens with one attached hydrogen (secondary N) is 1. The molecule has 0 atom stereocenters. The first-order valence-electron chi connectivity index (χ1n) is 5.80. The number of primary amides is 1. The lowest BCUT2D eigenvalue weighted by molar-refractivity contribution is 0.0999. The van der Waals surface area contributed by atoms with E-state index in [2.05, 4.69) is 5.32 Å². The molecule has 2 rings (SSSR count). The van der Waals surface area contributed by atoms with Gasteiger partial charge in [-0.2, -0.15) is 12.7 Å². The maximum Gasteiger partial charge on any atom is 0.385 e. The van der Waals surface area contributed by atoms with E-state index in [0.29, 0.717) is 26.2 Å². The lowest BCUT2D eigenvalue weighted by Crippen LogP contribution is -2.47. The van der Waals surface area contributed by atoms with Crippen LogP contribution < -0.4 is 15.2 Å². The number of amides is 1. The molecule has 0 bridgehead atoms. The molecule has 19 heavy (non-hydrogen) atoms. The molecule has 1 saturated heterocycles. The van der Waals surface area contributed by atoms with E-state index in [-0.39, 0.29) is 11.3 Å². The summed E-state index contributed by atoms with van der Waals surface area (Å²) in [7, 11) is -3.91. The van der Waals surface area contributed by atoms with Gasteiger partial charge in [-0.1, -0.05) is 12.1 Å². The number of piperazine rings is 1. The molecule has 0 unspecified atom stereocenters. The summed E-state index contributed by atoms with van der Waals surface area (Å²) >= 11 is 0. The molecular weight excluding hydrogens is 270 g/mol. The molecule has 1 aliphatic rings. The number of carbonyl (C=O) groups is 1. The van der Waals surface area contributed by atoms with Crippen molar-refractivity contribution in [2.45, 2.75) is 0 Å². The summed E-state index contributed by atoms with van der Waals surface area (Å²) in [6.45, 7) is 1.81. The van der Waals surface area contributed by atoms with Gasteiger partial charge in [-0.3, -0.25) is 4.79 Å². The lowest BCUT2D eigenvalue weighted by Gasteiger charge is -2.26. The van der Waals surface area contributed by atoms with E-state index in [1.807, 2.05) is 0 Å². The zero-order valence-corrected chi connectivity index (χ0v) is 11.0. The molecule has 1 aromatic carbocycles. The van der Waals surface area contributed by atoms with Crippen molar-refractivity contribution in [3.8, 4) is 5.75 Å². The van der Waals surface area contributed by atoms with Gasteiger partial charge in [0.25, 0.3) is 5.91 Å². The van der Waals surface area contributed by atoms with Crippen molar-refractivity contribution in [3.05, 3.63) is 29.8 Å². The van der Waals surface area contributed by atoms with Gasteiger partial charge in [0, 0.05) is 26.2 Å². The van der Waals surface area contributed by atoms with Gasteiger partial charge in [-0.25, -0.2) is 0 Å². The van der Waals surface area contributed by atoms with E-state index in [1.54, 1.807) is 12.1 Å². The van der Waals surface area contributed by atoms with E-state index >= 15 is 0 Å². The Kier molecular flexibility index (Phi) is 4.03. The minimum absolute atomic E-state index is 0.0428. The summed E-state index contributed by atoms with van der Waals surface area (Å²) in [5, 5.41) is 3.04. The smallest absolute Gasteiger partial charge is 0.370 e. The topological polar surface area (TPSA) is 102 Å². The third-order valence-electron chi connectivity index (χ3n) is 2.74. The van der Waals surface area contributed by atoms with Crippen LogP contribution in [0.15, 0.2) is 24.3 Å². The van der Waals surface area contributed by atoms with Crippen molar-refractivity contribution in [1.29, 1.82) is 0 Å². The number of benzene rings is 1. The number of carbonyl (C=O) groups excluding carboxylic acids is 1. The van der Waals surface area contributed by atoms with Crippen LogP contribution in [0, 0.1) is 0 Å². The van der Waals surface area contributed by atoms with Crippen molar-refractivity contribution in [2.24, 2.45) is 5.73 Å². The summed E-state index contributed by atoms with van der Waals surface area (Å²) < 4.78 is 30.3. The molecule has 0 radical (unpaired) electrons. The number of hydrogen-bond donors (Lipinski definition) is 2. The summed E-state index contributed by atoms with van der Waals surface area (Å²) in [6, 6.07) is 5.99. The Morgan fingerprint density at radius 2 is 1.89 bits per heavy atom. The standard InChI is InChI=1S/C11H15N3O4S/c12-11(15)9-3-1-2-4-10(9)18-19(16,17)14-7-5-13-6-8-14/h1-4,13H,5-8H2,(H2,12,15). The zero-order chi connectivity index (χ0) is 13.9. The summed E-state index contributed by atoms with van der Waals surface area (Å²) in [4.78, 5) is 11.2. The van der Waals surface area contributed by atoms with Crippen molar-refractivity contribution >= 4 is 16.2 Å². The second kappa shape index (κ2) is 5.55. The Morgan fingerprint density at radius 3 is 2.53 bits per heavy atom. The first-order chi connectivity index (χ1) is 9.00. The van der Waals surface area contributed by atoms with Gasteiger partial charge in [0.2, 0.25) is 0 Å². The number of rotatable bonds is 4. The van der Waals surface area contributed by atoms with Gasteiger partial charge < -0.3 is 15.2 Å². The van der Waals surface area contributed by atoms with Crippen LogP contribution in [-0.4, -0.2) is 44.8 Å². The average molecular weight is 285 g/mol. The first-order valence-corrected chi connectivity index (χ1v) is 7.16. The van der Waals surface area contributed by atoms with E-state index in [1.165, 1.54) is 16.4 Å². The van der Waals surface area contributed by atoms with Gasteiger partial charge in [-0.15, -0.1) is 0 Å². The van der Waals surface area contributed by atoms with Crippen LogP contribution >= 0.6 is 0 Å². The molecule has 1 fully saturated rings. The fourth-order valence-corrected chi connectivity index (χ4v) is 2.88. The summed E-state index contributed by atoms with van der Waals surface area (Å²) in [6.07, 6.45) is 0. The molecule has 0 aromatic heterocycles. The Morgan fingerprint density at radius 1 is 1.26 bits per heavy atom. The number of nitrogens with two attached hydrogens (primary N) is 1. The monoisotopic (exact) mass is 285 g/mol. The number of nitrogens with zero attached hydrogens (tertiary/aromatic N) is 1. The molecule has 1 aliphatic heterocycles. The fraction of sp³-hybridized carbons (Fsp3) is 0.364. The predicted octanol–water partition coefficient (Wildman–Crippen LogP) is -0.686. The molecule has 7 nitrogen and oxygen atoms in total. The van der Waals surface area contributed by atoms with Crippen LogP contribution in [0.4, 0.5) is 0 Å². The molecule has 3 N–H and O–H groups in total. The summed E-state index contributed by atoms with van der Waals surface area (Å²) in [5.74, 6) is -0.778. The highest BCUT2D eigenvalue weighted by Gasteiger charge is 2.27. The van der Waals surface area contributed by atoms with E-state index in [4.69, 9.17) is 9.92 Å². The molecule has 0 spiro atoms. The molecule has 8 heteroatoms. The predicted molar refractivity (Wildman–Crippen MR) is 69.0 cm³/mol. The van der Waals surface area contributed by atoms with Gasteiger partial charge in [0.05, 0.1) is 5.56 Å². The van der Waals surface area contributed by atoms with Crippen molar-refractivity contribution in [2.75, 3.05) is 26.2 Å². The normalized spacial score (nSPS) is 17.1. The third-order valence-corrected chi connectivity index (χ3v) is 4.13. The minimum atomic E-state index is -3.91. The van der Waals surface area contributed by atoms with Crippen LogP contribution in [0.1, 0.15) is 10.4 Å². The molecule has 1 aromatic rings. The van der Waals surface area contributed by atoms with E-state index in [0.717, 1.165) is 0 Å². The highest BCUT2D eigenvalue weighted by atomic mass is 32.2. The van der Waals surface area contributed by atoms with E-state index in [9.17, 15) is 13.2 Å². The Bertz CT molecular complexity index is 567. The van der Waals surface area contributed by atoms with Gasteiger partial charge in [0.1, 0.15) is 0 Å². The van der Waals surface area contributed by atoms with Gasteiger partial charge in [0.15, 0.2) is 5.75 Å². The second-order valence-electron chi connectivity index (χ2n) is 4.05. The first kappa shape index (κ1) is 13.8. The maximum atomic E-state index is 12.1. The van der Waals surface area contributed by atoms with Crippen LogP contribution in [-0.2, 0) is 10.3 Å².